The van der Waals surface area contributed by atoms with Crippen molar-refractivity contribution in [3.05, 3.63) is 127 Å². The number of hydrogen-bond acceptors (Lipinski definition) is 5. The van der Waals surface area contributed by atoms with E-state index in [2.05, 4.69) is 29.1 Å². The summed E-state index contributed by atoms with van der Waals surface area (Å²) in [6.07, 6.45) is 3.42. The molecule has 0 radical (unpaired) electrons. The quantitative estimate of drug-likeness (QED) is 0.205. The third kappa shape index (κ3) is 5.96. The van der Waals surface area contributed by atoms with E-state index in [9.17, 15) is 19.5 Å². The third-order valence-electron chi connectivity index (χ3n) is 9.69. The Balaban J connectivity index is 1.44. The molecule has 3 fully saturated rings. The number of aliphatic hydroxyl groups excluding tert-OH is 1. The average Bonchev–Trinajstić information content (AvgIpc) is 3.69. The summed E-state index contributed by atoms with van der Waals surface area (Å²) in [5.74, 6) is -2.65. The second-order valence-electron chi connectivity index (χ2n) is 12.5. The minimum Gasteiger partial charge on any atom is -0.394 e. The van der Waals surface area contributed by atoms with Gasteiger partial charge in [0.15, 0.2) is 0 Å². The van der Waals surface area contributed by atoms with E-state index in [4.69, 9.17) is 4.74 Å². The third-order valence-corrected chi connectivity index (χ3v) is 10.5. The number of anilines is 1. The van der Waals surface area contributed by atoms with E-state index in [-0.39, 0.29) is 42.2 Å². The Kier molecular flexibility index (Phi) is 9.77. The van der Waals surface area contributed by atoms with Gasteiger partial charge in [0.2, 0.25) is 17.7 Å². The zero-order chi connectivity index (χ0) is 33.1. The van der Waals surface area contributed by atoms with Crippen molar-refractivity contribution in [3.8, 4) is 0 Å². The molecule has 3 unspecified atom stereocenters. The first kappa shape index (κ1) is 32.9. The number of fused-ring (bicyclic) bond motifs is 1. The number of para-hydroxylation sites is 1. The summed E-state index contributed by atoms with van der Waals surface area (Å²) in [7, 11) is 0. The zero-order valence-electron chi connectivity index (χ0n) is 26.2. The molecule has 3 aliphatic heterocycles. The molecule has 0 aliphatic carbocycles. The maximum absolute atomic E-state index is 14.9. The molecule has 3 aliphatic rings. The number of carbonyl (C=O) groups excluding carboxylic acids is 3. The number of amides is 3. The normalized spacial score (nSPS) is 26.5. The molecule has 3 aromatic carbocycles. The van der Waals surface area contributed by atoms with Gasteiger partial charge in [-0.3, -0.25) is 14.4 Å². The molecule has 8 nitrogen and oxygen atoms in total. The Morgan fingerprint density at radius 3 is 2.13 bits per heavy atom. The lowest BCUT2D eigenvalue weighted by Crippen LogP contribution is -2.59. The standard InChI is InChI=1S/C38H40BrN3O5/c1-3-20-40(24-27-16-10-6-11-17-27)37(46)34-38-23-30(39)33(47-38)31(35(44)41(21-4-2)28-18-12-7-13-19-28)32(38)36(45)42(34)29(25-43)22-26-14-8-5-9-15-26/h3-19,29-34,43H,1-2,20-25H2/t29-,30?,31-,32+,33-,34?,38?/m1/s1. The second-order valence-corrected chi connectivity index (χ2v) is 13.7. The van der Waals surface area contributed by atoms with Gasteiger partial charge in [-0.05, 0) is 36.1 Å². The fourth-order valence-corrected chi connectivity index (χ4v) is 8.71. The summed E-state index contributed by atoms with van der Waals surface area (Å²) in [5, 5.41) is 10.8. The lowest BCUT2D eigenvalue weighted by atomic mass is 9.70. The van der Waals surface area contributed by atoms with Gasteiger partial charge in [-0.1, -0.05) is 107 Å². The van der Waals surface area contributed by atoms with Crippen LogP contribution in [0.1, 0.15) is 17.5 Å². The van der Waals surface area contributed by atoms with Crippen LogP contribution in [0.4, 0.5) is 5.69 Å². The first-order chi connectivity index (χ1) is 22.8. The molecule has 6 rings (SSSR count). The number of halogens is 1. The van der Waals surface area contributed by atoms with Crippen molar-refractivity contribution in [1.29, 1.82) is 0 Å². The number of nitrogens with zero attached hydrogens (tertiary/aromatic N) is 3. The molecule has 3 amide bonds. The van der Waals surface area contributed by atoms with Gasteiger partial charge >= 0.3 is 0 Å². The van der Waals surface area contributed by atoms with Gasteiger partial charge in [-0.2, -0.15) is 0 Å². The van der Waals surface area contributed by atoms with Crippen molar-refractivity contribution in [1.82, 2.24) is 9.80 Å². The highest BCUT2D eigenvalue weighted by molar-refractivity contribution is 9.09. The van der Waals surface area contributed by atoms with Gasteiger partial charge < -0.3 is 24.5 Å². The minimum absolute atomic E-state index is 0.246. The van der Waals surface area contributed by atoms with Crippen LogP contribution in [0.5, 0.6) is 0 Å². The van der Waals surface area contributed by atoms with Crippen LogP contribution in [0.25, 0.3) is 0 Å². The fraction of sp³-hybridized carbons (Fsp3) is 0.342. The highest BCUT2D eigenvalue weighted by Crippen LogP contribution is 2.61. The molecule has 0 aromatic heterocycles. The Bertz CT molecular complexity index is 1610. The van der Waals surface area contributed by atoms with E-state index in [1.165, 1.54) is 0 Å². The summed E-state index contributed by atoms with van der Waals surface area (Å²) >= 11 is 3.79. The topological polar surface area (TPSA) is 90.4 Å². The fourth-order valence-electron chi connectivity index (χ4n) is 7.76. The number of likely N-dealkylation sites (tertiary alicyclic amines) is 1. The lowest BCUT2D eigenvalue weighted by Gasteiger charge is -2.39. The van der Waals surface area contributed by atoms with Crippen LogP contribution in [-0.2, 0) is 32.1 Å². The summed E-state index contributed by atoms with van der Waals surface area (Å²) < 4.78 is 6.81. The van der Waals surface area contributed by atoms with E-state index in [1.807, 2.05) is 91.0 Å². The molecule has 47 heavy (non-hydrogen) atoms. The zero-order valence-corrected chi connectivity index (χ0v) is 27.8. The molecule has 2 bridgehead atoms. The lowest BCUT2D eigenvalue weighted by molar-refractivity contribution is -0.151. The highest BCUT2D eigenvalue weighted by atomic mass is 79.9. The minimum atomic E-state index is -1.27. The molecule has 1 N–H and O–H groups in total. The van der Waals surface area contributed by atoms with Crippen molar-refractivity contribution < 1.29 is 24.2 Å². The summed E-state index contributed by atoms with van der Waals surface area (Å²) in [6, 6.07) is 26.8. The molecule has 9 heteroatoms. The molecule has 7 atom stereocenters. The summed E-state index contributed by atoms with van der Waals surface area (Å²) in [4.78, 5) is 49.0. The van der Waals surface area contributed by atoms with Crippen LogP contribution < -0.4 is 4.90 Å². The number of alkyl halides is 1. The first-order valence-corrected chi connectivity index (χ1v) is 17.0. The molecule has 3 aromatic rings. The molecular weight excluding hydrogens is 658 g/mol. The molecular formula is C38H40BrN3O5. The number of rotatable bonds is 13. The SMILES string of the molecule is C=CCN(Cc1ccccc1)C(=O)C1N([C@@H](CO)Cc2ccccc2)C(=O)[C@@H]2[C@@H](C(=O)N(CC=C)c3ccccc3)[C@@H]3OC12CC3Br. The number of aliphatic hydroxyl groups is 1. The van der Waals surface area contributed by atoms with Crippen LogP contribution in [0.3, 0.4) is 0 Å². The molecule has 0 saturated carbocycles. The summed E-state index contributed by atoms with van der Waals surface area (Å²) in [6.45, 7) is 8.22. The monoisotopic (exact) mass is 697 g/mol. The number of ether oxygens (including phenoxy) is 1. The smallest absolute Gasteiger partial charge is 0.249 e. The van der Waals surface area contributed by atoms with Crippen molar-refractivity contribution in [3.63, 3.8) is 0 Å². The molecule has 3 heterocycles. The predicted molar refractivity (Wildman–Crippen MR) is 185 cm³/mol. The summed E-state index contributed by atoms with van der Waals surface area (Å²) in [5.41, 5.74) is 1.27. The Morgan fingerprint density at radius 2 is 1.53 bits per heavy atom. The van der Waals surface area contributed by atoms with Gasteiger partial charge in [0.05, 0.1) is 30.6 Å². The predicted octanol–water partition coefficient (Wildman–Crippen LogP) is 4.77. The van der Waals surface area contributed by atoms with Crippen LogP contribution in [0, 0.1) is 11.8 Å². The number of carbonyl (C=O) groups is 3. The van der Waals surface area contributed by atoms with Crippen LogP contribution in [0.2, 0.25) is 0 Å². The van der Waals surface area contributed by atoms with Gasteiger partial charge in [0.1, 0.15) is 11.6 Å². The number of benzene rings is 3. The van der Waals surface area contributed by atoms with E-state index in [0.29, 0.717) is 25.1 Å². The van der Waals surface area contributed by atoms with Crippen molar-refractivity contribution in [2.75, 3.05) is 24.6 Å². The van der Waals surface area contributed by atoms with Crippen molar-refractivity contribution in [2.24, 2.45) is 11.8 Å². The Labute approximate surface area is 284 Å². The van der Waals surface area contributed by atoms with Gasteiger partial charge in [0.25, 0.3) is 0 Å². The van der Waals surface area contributed by atoms with Crippen molar-refractivity contribution >= 4 is 39.3 Å². The Hall–Kier alpha value is -4.05. The second kappa shape index (κ2) is 14.0. The van der Waals surface area contributed by atoms with Gasteiger partial charge in [-0.15, -0.1) is 13.2 Å². The van der Waals surface area contributed by atoms with E-state index >= 15 is 0 Å². The van der Waals surface area contributed by atoms with E-state index in [0.717, 1.165) is 11.1 Å². The van der Waals surface area contributed by atoms with Crippen LogP contribution in [-0.4, -0.2) is 80.9 Å². The highest BCUT2D eigenvalue weighted by Gasteiger charge is 2.77. The van der Waals surface area contributed by atoms with E-state index in [1.54, 1.807) is 26.9 Å². The van der Waals surface area contributed by atoms with Crippen molar-refractivity contribution in [2.45, 2.75) is 48.0 Å². The van der Waals surface area contributed by atoms with Crippen LogP contribution in [0.15, 0.2) is 116 Å². The van der Waals surface area contributed by atoms with Gasteiger partial charge in [0, 0.05) is 30.1 Å². The first-order valence-electron chi connectivity index (χ1n) is 16.0. The van der Waals surface area contributed by atoms with Gasteiger partial charge in [-0.25, -0.2) is 0 Å². The molecule has 3 saturated heterocycles. The maximum Gasteiger partial charge on any atom is 0.249 e. The largest absolute Gasteiger partial charge is 0.394 e. The number of hydrogen-bond donors (Lipinski definition) is 1. The maximum atomic E-state index is 14.9. The average molecular weight is 699 g/mol. The van der Waals surface area contributed by atoms with E-state index < -0.39 is 35.6 Å². The Morgan fingerprint density at radius 1 is 0.936 bits per heavy atom. The van der Waals surface area contributed by atoms with Crippen LogP contribution >= 0.6 is 15.9 Å². The molecule has 1 spiro atoms. The molecule has 244 valence electrons.